The molecule has 0 fully saturated rings. The van der Waals surface area contributed by atoms with Gasteiger partial charge in [0.2, 0.25) is 5.28 Å². The third-order valence-electron chi connectivity index (χ3n) is 3.38. The maximum Gasteiger partial charge on any atom is 0.323 e. The first kappa shape index (κ1) is 14.3. The van der Waals surface area contributed by atoms with Gasteiger partial charge in [-0.05, 0) is 23.2 Å². The summed E-state index contributed by atoms with van der Waals surface area (Å²) in [5.74, 6) is -1.37. The summed E-state index contributed by atoms with van der Waals surface area (Å²) >= 11 is 5.77. The highest BCUT2D eigenvalue weighted by molar-refractivity contribution is 6.28. The Labute approximate surface area is 130 Å². The fraction of sp³-hybridized carbons (Fsp3) is 0.143. The number of hydrogen-bond acceptors (Lipinski definition) is 5. The van der Waals surface area contributed by atoms with E-state index < -0.39 is 5.97 Å². The number of carbonyl (C=O) groups is 2. The number of carboxylic acids is 1. The molecule has 1 aromatic carbocycles. The number of nitrogens with zero attached hydrogens (tertiary/aromatic N) is 3. The molecule has 1 amide bonds. The number of hydrogen-bond donors (Lipinski definition) is 2. The van der Waals surface area contributed by atoms with Crippen molar-refractivity contribution < 1.29 is 14.7 Å². The van der Waals surface area contributed by atoms with Crippen LogP contribution < -0.4 is 5.73 Å². The minimum atomic E-state index is -1.05. The molecule has 8 heteroatoms. The number of halogens is 1. The number of carbonyl (C=O) groups excluding carboxylic acids is 1. The zero-order chi connectivity index (χ0) is 15.9. The first-order valence-electron chi connectivity index (χ1n) is 6.38. The molecular formula is C14H11ClN4O3. The van der Waals surface area contributed by atoms with Crippen LogP contribution in [-0.2, 0) is 11.3 Å². The van der Waals surface area contributed by atoms with E-state index >= 15 is 0 Å². The van der Waals surface area contributed by atoms with Gasteiger partial charge in [-0.15, -0.1) is 0 Å². The van der Waals surface area contributed by atoms with Crippen LogP contribution >= 0.6 is 11.6 Å². The molecule has 0 atom stereocenters. The van der Waals surface area contributed by atoms with Crippen LogP contribution in [0.2, 0.25) is 5.28 Å². The van der Waals surface area contributed by atoms with E-state index in [1.165, 1.54) is 11.1 Å². The Morgan fingerprint density at radius 3 is 2.95 bits per heavy atom. The van der Waals surface area contributed by atoms with Crippen LogP contribution in [0.3, 0.4) is 0 Å². The number of nitrogens with two attached hydrogens (primary N) is 1. The van der Waals surface area contributed by atoms with Crippen molar-refractivity contribution in [2.45, 2.75) is 6.54 Å². The van der Waals surface area contributed by atoms with Crippen molar-refractivity contribution in [3.05, 3.63) is 40.8 Å². The molecule has 1 aromatic heterocycles. The average Bonchev–Trinajstić information content (AvgIpc) is 2.77. The van der Waals surface area contributed by atoms with Crippen LogP contribution in [0.1, 0.15) is 15.9 Å². The first-order valence-corrected chi connectivity index (χ1v) is 6.76. The molecule has 0 unspecified atom stereocenters. The van der Waals surface area contributed by atoms with Crippen molar-refractivity contribution in [3.8, 4) is 11.3 Å². The normalized spacial score (nSPS) is 13.3. The zero-order valence-corrected chi connectivity index (χ0v) is 12.0. The number of nitrogen functional groups attached to an aromatic ring is 1. The summed E-state index contributed by atoms with van der Waals surface area (Å²) in [5.41, 5.74) is 8.47. The van der Waals surface area contributed by atoms with E-state index in [1.807, 2.05) is 0 Å². The summed E-state index contributed by atoms with van der Waals surface area (Å²) in [6.07, 6.45) is 1.40. The highest BCUT2D eigenvalue weighted by Gasteiger charge is 2.29. The number of aliphatic carboxylic acids is 1. The van der Waals surface area contributed by atoms with Crippen molar-refractivity contribution in [3.63, 3.8) is 0 Å². The van der Waals surface area contributed by atoms with Crippen LogP contribution in [0.4, 0.5) is 5.69 Å². The maximum absolute atomic E-state index is 12.2. The van der Waals surface area contributed by atoms with E-state index in [9.17, 15) is 9.59 Å². The average molecular weight is 319 g/mol. The second-order valence-corrected chi connectivity index (χ2v) is 5.21. The van der Waals surface area contributed by atoms with Gasteiger partial charge in [0.25, 0.3) is 5.91 Å². The van der Waals surface area contributed by atoms with Crippen molar-refractivity contribution in [2.75, 3.05) is 12.3 Å². The largest absolute Gasteiger partial charge is 0.480 e. The van der Waals surface area contributed by atoms with Gasteiger partial charge in [-0.2, -0.15) is 0 Å². The van der Waals surface area contributed by atoms with Crippen molar-refractivity contribution in [2.24, 2.45) is 0 Å². The molecule has 2 aromatic rings. The molecule has 0 saturated carbocycles. The molecule has 0 aliphatic carbocycles. The van der Waals surface area contributed by atoms with E-state index in [1.54, 1.807) is 18.2 Å². The number of rotatable bonds is 3. The van der Waals surface area contributed by atoms with Gasteiger partial charge in [-0.1, -0.05) is 12.1 Å². The third-order valence-corrected chi connectivity index (χ3v) is 3.56. The summed E-state index contributed by atoms with van der Waals surface area (Å²) in [6.45, 7) is -0.0505. The molecule has 2 heterocycles. The Hall–Kier alpha value is -2.67. The van der Waals surface area contributed by atoms with Gasteiger partial charge in [0.1, 0.15) is 6.54 Å². The number of benzene rings is 1. The van der Waals surface area contributed by atoms with E-state index in [-0.39, 0.29) is 24.3 Å². The third kappa shape index (κ3) is 2.46. The molecule has 112 valence electrons. The summed E-state index contributed by atoms with van der Waals surface area (Å²) in [6, 6.07) is 5.18. The van der Waals surface area contributed by atoms with Crippen LogP contribution in [0, 0.1) is 0 Å². The number of aromatic nitrogens is 2. The van der Waals surface area contributed by atoms with Gasteiger partial charge in [0.05, 0.1) is 17.6 Å². The lowest BCUT2D eigenvalue weighted by Gasteiger charge is -2.11. The fourth-order valence-electron chi connectivity index (χ4n) is 2.40. The molecule has 0 bridgehead atoms. The summed E-state index contributed by atoms with van der Waals surface area (Å²) in [5, 5.41) is 8.89. The van der Waals surface area contributed by atoms with Gasteiger partial charge >= 0.3 is 5.97 Å². The smallest absolute Gasteiger partial charge is 0.323 e. The summed E-state index contributed by atoms with van der Waals surface area (Å²) < 4.78 is 0. The fourth-order valence-corrected chi connectivity index (χ4v) is 2.53. The van der Waals surface area contributed by atoms with Crippen LogP contribution in [0.15, 0.2) is 24.4 Å². The summed E-state index contributed by atoms with van der Waals surface area (Å²) in [4.78, 5) is 32.1. The van der Waals surface area contributed by atoms with Gasteiger partial charge < -0.3 is 15.7 Å². The zero-order valence-electron chi connectivity index (χ0n) is 11.3. The molecule has 7 nitrogen and oxygen atoms in total. The van der Waals surface area contributed by atoms with Crippen LogP contribution in [-0.4, -0.2) is 38.4 Å². The molecule has 0 radical (unpaired) electrons. The predicted molar refractivity (Wildman–Crippen MR) is 79.3 cm³/mol. The molecule has 22 heavy (non-hydrogen) atoms. The number of anilines is 1. The Morgan fingerprint density at radius 1 is 1.45 bits per heavy atom. The van der Waals surface area contributed by atoms with Crippen molar-refractivity contribution >= 4 is 29.2 Å². The Bertz CT molecular complexity index is 794. The Morgan fingerprint density at radius 2 is 2.23 bits per heavy atom. The first-order chi connectivity index (χ1) is 10.5. The molecule has 0 spiro atoms. The summed E-state index contributed by atoms with van der Waals surface area (Å²) in [7, 11) is 0. The predicted octanol–water partition coefficient (Wildman–Crippen LogP) is 1.42. The van der Waals surface area contributed by atoms with Crippen LogP contribution in [0.5, 0.6) is 0 Å². The molecule has 0 saturated heterocycles. The molecule has 1 aliphatic heterocycles. The molecule has 3 N–H and O–H groups in total. The molecule has 3 rings (SSSR count). The van der Waals surface area contributed by atoms with Gasteiger partial charge in [0.15, 0.2) is 0 Å². The Balaban J connectivity index is 2.00. The van der Waals surface area contributed by atoms with E-state index in [0.717, 1.165) is 5.56 Å². The van der Waals surface area contributed by atoms with Crippen LogP contribution in [0.25, 0.3) is 11.3 Å². The van der Waals surface area contributed by atoms with E-state index in [4.69, 9.17) is 22.4 Å². The van der Waals surface area contributed by atoms with Crippen molar-refractivity contribution in [1.29, 1.82) is 0 Å². The topological polar surface area (TPSA) is 109 Å². The maximum atomic E-state index is 12.2. The lowest BCUT2D eigenvalue weighted by Crippen LogP contribution is -2.29. The molecular weight excluding hydrogens is 308 g/mol. The minimum absolute atomic E-state index is 0.0588. The monoisotopic (exact) mass is 318 g/mol. The lowest BCUT2D eigenvalue weighted by molar-refractivity contribution is -0.137. The number of amides is 1. The second kappa shape index (κ2) is 5.27. The number of carboxylic acid groups (broad SMARTS) is 1. The van der Waals surface area contributed by atoms with Gasteiger partial charge in [0, 0.05) is 17.7 Å². The minimum Gasteiger partial charge on any atom is -0.480 e. The number of fused-ring (bicyclic) bond motifs is 1. The van der Waals surface area contributed by atoms with Gasteiger partial charge in [-0.25, -0.2) is 9.97 Å². The highest BCUT2D eigenvalue weighted by Crippen LogP contribution is 2.30. The molecule has 1 aliphatic rings. The van der Waals surface area contributed by atoms with Gasteiger partial charge in [-0.3, -0.25) is 9.59 Å². The quantitative estimate of drug-likeness (QED) is 0.828. The Kier molecular flexibility index (Phi) is 3.42. The SMILES string of the molecule is Nc1cnc(Cl)nc1-c1ccc2c(c1)C(=O)N(CC(=O)O)C2. The van der Waals surface area contributed by atoms with E-state index in [2.05, 4.69) is 9.97 Å². The second-order valence-electron chi connectivity index (χ2n) is 4.87. The standard InChI is InChI=1S/C14H11ClN4O3/c15-14-17-4-10(16)12(18-14)7-1-2-8-5-19(6-11(20)21)13(22)9(8)3-7/h1-4H,5-6,16H2,(H,20,21). The van der Waals surface area contributed by atoms with E-state index in [0.29, 0.717) is 22.5 Å². The lowest BCUT2D eigenvalue weighted by atomic mass is 10.0. The van der Waals surface area contributed by atoms with Crippen molar-refractivity contribution in [1.82, 2.24) is 14.9 Å². The highest BCUT2D eigenvalue weighted by atomic mass is 35.5.